The zero-order chi connectivity index (χ0) is 13.3. The molecular weight excluding hydrogens is 224 g/mol. The summed E-state index contributed by atoms with van der Waals surface area (Å²) < 4.78 is 2.33. The maximum Gasteiger partial charge on any atom is 0.225 e. The van der Waals surface area contributed by atoms with E-state index in [1.165, 1.54) is 11.3 Å². The molecule has 3 heteroatoms. The fourth-order valence-electron chi connectivity index (χ4n) is 2.60. The van der Waals surface area contributed by atoms with Crippen LogP contribution in [0, 0.1) is 5.92 Å². The molecule has 0 radical (unpaired) electrons. The minimum atomic E-state index is 0.0903. The Kier molecular flexibility index (Phi) is 3.69. The molecule has 1 aliphatic heterocycles. The van der Waals surface area contributed by atoms with Gasteiger partial charge < -0.3 is 4.90 Å². The maximum atomic E-state index is 12.0. The second-order valence-corrected chi connectivity index (χ2v) is 5.65. The van der Waals surface area contributed by atoms with Gasteiger partial charge in [-0.15, -0.1) is 0 Å². The number of carbonyl (C=O) groups is 1. The molecule has 98 valence electrons. The third-order valence-electron chi connectivity index (χ3n) is 3.57. The predicted octanol–water partition coefficient (Wildman–Crippen LogP) is 2.10. The van der Waals surface area contributed by atoms with Crippen LogP contribution in [0.1, 0.15) is 45.0 Å². The van der Waals surface area contributed by atoms with Crippen LogP contribution in [0.25, 0.3) is 0 Å². The molecule has 0 unspecified atom stereocenters. The second kappa shape index (κ2) is 5.09. The Bertz CT molecular complexity index is 452. The third kappa shape index (κ3) is 2.40. The van der Waals surface area contributed by atoms with Gasteiger partial charge >= 0.3 is 0 Å². The standard InChI is InChI=1S/C15H23N2O/c1-11(2)15(18)16-9-7-14-13(10-16)6-5-8-17(14)12(3)4/h5-6,8,11-12H,7,9-10H2,1-4H3/q+1. The van der Waals surface area contributed by atoms with Crippen molar-refractivity contribution in [1.82, 2.24) is 4.90 Å². The summed E-state index contributed by atoms with van der Waals surface area (Å²) in [7, 11) is 0. The molecule has 2 heterocycles. The van der Waals surface area contributed by atoms with Crippen molar-refractivity contribution < 1.29 is 9.36 Å². The highest BCUT2D eigenvalue weighted by molar-refractivity contribution is 5.78. The van der Waals surface area contributed by atoms with Gasteiger partial charge in [-0.2, -0.15) is 0 Å². The van der Waals surface area contributed by atoms with E-state index in [1.807, 2.05) is 18.7 Å². The summed E-state index contributed by atoms with van der Waals surface area (Å²) in [5.74, 6) is 0.355. The Morgan fingerprint density at radius 2 is 2.06 bits per heavy atom. The predicted molar refractivity (Wildman–Crippen MR) is 71.0 cm³/mol. The minimum absolute atomic E-state index is 0.0903. The summed E-state index contributed by atoms with van der Waals surface area (Å²) in [6.45, 7) is 9.95. The monoisotopic (exact) mass is 247 g/mol. The van der Waals surface area contributed by atoms with Crippen LogP contribution < -0.4 is 4.57 Å². The number of fused-ring (bicyclic) bond motifs is 1. The lowest BCUT2D eigenvalue weighted by molar-refractivity contribution is -0.723. The van der Waals surface area contributed by atoms with Gasteiger partial charge in [0.1, 0.15) is 0 Å². The highest BCUT2D eigenvalue weighted by atomic mass is 16.2. The molecule has 0 aliphatic carbocycles. The van der Waals surface area contributed by atoms with Gasteiger partial charge in [0, 0.05) is 24.1 Å². The van der Waals surface area contributed by atoms with E-state index in [9.17, 15) is 4.79 Å². The van der Waals surface area contributed by atoms with Crippen LogP contribution in [0.2, 0.25) is 0 Å². The number of rotatable bonds is 2. The Labute approximate surface area is 109 Å². The van der Waals surface area contributed by atoms with Gasteiger partial charge in [0.05, 0.1) is 13.0 Å². The number of nitrogens with zero attached hydrogens (tertiary/aromatic N) is 2. The molecule has 0 saturated heterocycles. The molecule has 0 aromatic carbocycles. The zero-order valence-corrected chi connectivity index (χ0v) is 11.8. The molecule has 0 spiro atoms. The number of hydrogen-bond acceptors (Lipinski definition) is 1. The molecule has 18 heavy (non-hydrogen) atoms. The molecule has 1 aliphatic rings. The van der Waals surface area contributed by atoms with Crippen molar-refractivity contribution in [3.8, 4) is 0 Å². The Morgan fingerprint density at radius 3 is 2.67 bits per heavy atom. The summed E-state index contributed by atoms with van der Waals surface area (Å²) in [6.07, 6.45) is 3.11. The average molecular weight is 247 g/mol. The zero-order valence-electron chi connectivity index (χ0n) is 11.8. The average Bonchev–Trinajstić information content (AvgIpc) is 2.36. The highest BCUT2D eigenvalue weighted by Gasteiger charge is 2.28. The van der Waals surface area contributed by atoms with E-state index in [1.54, 1.807) is 0 Å². The van der Waals surface area contributed by atoms with E-state index >= 15 is 0 Å². The molecule has 1 amide bonds. The van der Waals surface area contributed by atoms with Crippen LogP contribution in [0.5, 0.6) is 0 Å². The molecular formula is C15H23N2O+. The number of pyridine rings is 1. The first-order valence-electron chi connectivity index (χ1n) is 6.81. The second-order valence-electron chi connectivity index (χ2n) is 5.65. The molecule has 0 bridgehead atoms. The van der Waals surface area contributed by atoms with Gasteiger partial charge in [-0.25, -0.2) is 4.57 Å². The number of amides is 1. The van der Waals surface area contributed by atoms with Crippen molar-refractivity contribution in [3.63, 3.8) is 0 Å². The first-order valence-corrected chi connectivity index (χ1v) is 6.81. The molecule has 1 aromatic rings. The number of carbonyl (C=O) groups excluding carboxylic acids is 1. The van der Waals surface area contributed by atoms with Crippen molar-refractivity contribution in [1.29, 1.82) is 0 Å². The van der Waals surface area contributed by atoms with Crippen molar-refractivity contribution in [2.24, 2.45) is 5.92 Å². The summed E-state index contributed by atoms with van der Waals surface area (Å²) >= 11 is 0. The summed E-state index contributed by atoms with van der Waals surface area (Å²) in [5, 5.41) is 0. The van der Waals surface area contributed by atoms with Crippen molar-refractivity contribution in [2.75, 3.05) is 6.54 Å². The van der Waals surface area contributed by atoms with E-state index in [4.69, 9.17) is 0 Å². The van der Waals surface area contributed by atoms with Crippen LogP contribution in [-0.2, 0) is 17.8 Å². The lowest BCUT2D eigenvalue weighted by Crippen LogP contribution is -2.47. The number of aromatic nitrogens is 1. The fourth-order valence-corrected chi connectivity index (χ4v) is 2.60. The van der Waals surface area contributed by atoms with E-state index in [2.05, 4.69) is 36.7 Å². The van der Waals surface area contributed by atoms with Gasteiger partial charge in [-0.1, -0.05) is 13.8 Å². The van der Waals surface area contributed by atoms with Gasteiger partial charge in [-0.05, 0) is 19.9 Å². The highest BCUT2D eigenvalue weighted by Crippen LogP contribution is 2.18. The summed E-state index contributed by atoms with van der Waals surface area (Å²) in [6, 6.07) is 4.71. The quantitative estimate of drug-likeness (QED) is 0.734. The van der Waals surface area contributed by atoms with Gasteiger partial charge in [0.25, 0.3) is 0 Å². The van der Waals surface area contributed by atoms with E-state index in [0.717, 1.165) is 19.5 Å². The lowest BCUT2D eigenvalue weighted by Gasteiger charge is -2.29. The lowest BCUT2D eigenvalue weighted by atomic mass is 10.0. The topological polar surface area (TPSA) is 24.2 Å². The molecule has 2 rings (SSSR count). The normalized spacial score (nSPS) is 15.1. The van der Waals surface area contributed by atoms with Crippen LogP contribution >= 0.6 is 0 Å². The van der Waals surface area contributed by atoms with Crippen LogP contribution in [-0.4, -0.2) is 17.4 Å². The first-order chi connectivity index (χ1) is 8.50. The van der Waals surface area contributed by atoms with Crippen LogP contribution in [0.4, 0.5) is 0 Å². The van der Waals surface area contributed by atoms with Crippen LogP contribution in [0.3, 0.4) is 0 Å². The van der Waals surface area contributed by atoms with E-state index < -0.39 is 0 Å². The van der Waals surface area contributed by atoms with Crippen molar-refractivity contribution in [3.05, 3.63) is 29.6 Å². The van der Waals surface area contributed by atoms with Crippen LogP contribution in [0.15, 0.2) is 18.3 Å². The number of hydrogen-bond donors (Lipinski definition) is 0. The summed E-state index contributed by atoms with van der Waals surface area (Å²) in [4.78, 5) is 14.0. The smallest absolute Gasteiger partial charge is 0.225 e. The molecule has 1 aromatic heterocycles. The Balaban J connectivity index is 2.26. The van der Waals surface area contributed by atoms with Crippen molar-refractivity contribution in [2.45, 2.75) is 46.7 Å². The molecule has 0 saturated carbocycles. The van der Waals surface area contributed by atoms with Crippen molar-refractivity contribution >= 4 is 5.91 Å². The molecule has 0 atom stereocenters. The fraction of sp³-hybridized carbons (Fsp3) is 0.600. The molecule has 0 N–H and O–H groups in total. The molecule has 3 nitrogen and oxygen atoms in total. The van der Waals surface area contributed by atoms with E-state index in [-0.39, 0.29) is 11.8 Å². The SMILES string of the molecule is CC(C)C(=O)N1CCc2c(ccc[n+]2C(C)C)C1. The Hall–Kier alpha value is -1.38. The third-order valence-corrected chi connectivity index (χ3v) is 3.57. The van der Waals surface area contributed by atoms with Gasteiger partial charge in [-0.3, -0.25) is 4.79 Å². The first kappa shape index (κ1) is 13.1. The van der Waals surface area contributed by atoms with Gasteiger partial charge in [0.15, 0.2) is 17.9 Å². The largest absolute Gasteiger partial charge is 0.337 e. The molecule has 0 fully saturated rings. The maximum absolute atomic E-state index is 12.0. The minimum Gasteiger partial charge on any atom is -0.337 e. The Morgan fingerprint density at radius 1 is 1.33 bits per heavy atom. The summed E-state index contributed by atoms with van der Waals surface area (Å²) in [5.41, 5.74) is 2.69. The van der Waals surface area contributed by atoms with E-state index in [0.29, 0.717) is 6.04 Å². The van der Waals surface area contributed by atoms with Gasteiger partial charge in [0.2, 0.25) is 5.91 Å².